The smallest absolute Gasteiger partial charge is 0.0753 e. The fraction of sp³-hybridized carbons (Fsp3) is 1.00. The highest BCUT2D eigenvalue weighted by molar-refractivity contribution is 5.00. The van der Waals surface area contributed by atoms with Crippen LogP contribution in [0.5, 0.6) is 0 Å². The molecule has 2 aliphatic heterocycles. The first kappa shape index (κ1) is 17.2. The summed E-state index contributed by atoms with van der Waals surface area (Å²) in [6.07, 6.45) is 5.57. The Morgan fingerprint density at radius 3 is 2.33 bits per heavy atom. The fourth-order valence-corrected chi connectivity index (χ4v) is 4.43. The van der Waals surface area contributed by atoms with Crippen molar-refractivity contribution >= 4 is 0 Å². The highest BCUT2D eigenvalue weighted by Crippen LogP contribution is 2.42. The SMILES string of the molecule is CCC(CC)(C(O)C1CCOC2(CCOCC2)C1)N(C)C. The van der Waals surface area contributed by atoms with Gasteiger partial charge in [-0.25, -0.2) is 0 Å². The van der Waals surface area contributed by atoms with Crippen molar-refractivity contribution in [2.45, 2.75) is 69.6 Å². The Morgan fingerprint density at radius 1 is 1.19 bits per heavy atom. The largest absolute Gasteiger partial charge is 0.391 e. The number of hydrogen-bond donors (Lipinski definition) is 1. The maximum atomic E-state index is 11.1. The van der Waals surface area contributed by atoms with Gasteiger partial charge in [-0.15, -0.1) is 0 Å². The minimum atomic E-state index is -0.286. The van der Waals surface area contributed by atoms with Crippen LogP contribution in [0.25, 0.3) is 0 Å². The average Bonchev–Trinajstić information content (AvgIpc) is 2.49. The Bertz CT molecular complexity index is 316. The standard InChI is InChI=1S/C17H33NO3/c1-5-17(6-2,18(3)4)15(19)14-7-10-21-16(13-14)8-11-20-12-9-16/h14-15,19H,5-13H2,1-4H3. The van der Waals surface area contributed by atoms with Gasteiger partial charge in [-0.05, 0) is 58.5 Å². The van der Waals surface area contributed by atoms with E-state index in [9.17, 15) is 5.11 Å². The molecule has 1 spiro atoms. The summed E-state index contributed by atoms with van der Waals surface area (Å²) in [6, 6.07) is 0. The van der Waals surface area contributed by atoms with Gasteiger partial charge >= 0.3 is 0 Å². The molecule has 2 saturated heterocycles. The van der Waals surface area contributed by atoms with Crippen molar-refractivity contribution < 1.29 is 14.6 Å². The van der Waals surface area contributed by atoms with E-state index < -0.39 is 0 Å². The molecular weight excluding hydrogens is 266 g/mol. The normalized spacial score (nSPS) is 28.0. The van der Waals surface area contributed by atoms with Crippen molar-refractivity contribution in [3.8, 4) is 0 Å². The second-order valence-electron chi connectivity index (χ2n) is 7.05. The average molecular weight is 299 g/mol. The topological polar surface area (TPSA) is 41.9 Å². The van der Waals surface area contributed by atoms with Crippen molar-refractivity contribution in [3.63, 3.8) is 0 Å². The van der Waals surface area contributed by atoms with Gasteiger partial charge in [0.1, 0.15) is 0 Å². The Kier molecular flexibility index (Phi) is 5.69. The van der Waals surface area contributed by atoms with Gasteiger partial charge < -0.3 is 19.5 Å². The van der Waals surface area contributed by atoms with Crippen LogP contribution in [-0.4, -0.2) is 61.2 Å². The molecule has 2 rings (SSSR count). The molecular formula is C17H33NO3. The molecule has 0 aliphatic carbocycles. The van der Waals surface area contributed by atoms with Gasteiger partial charge in [0.25, 0.3) is 0 Å². The Hall–Kier alpha value is -0.160. The molecule has 124 valence electrons. The highest BCUT2D eigenvalue weighted by Gasteiger charge is 2.47. The molecule has 0 bridgehead atoms. The summed E-state index contributed by atoms with van der Waals surface area (Å²) in [4.78, 5) is 2.23. The van der Waals surface area contributed by atoms with Crippen LogP contribution in [0.2, 0.25) is 0 Å². The number of aliphatic hydroxyl groups excluding tert-OH is 1. The minimum absolute atomic E-state index is 0.0400. The van der Waals surface area contributed by atoms with Crippen LogP contribution in [0.15, 0.2) is 0 Å². The third-order valence-corrected chi connectivity index (χ3v) is 6.05. The van der Waals surface area contributed by atoms with E-state index >= 15 is 0 Å². The molecule has 2 atom stereocenters. The molecule has 4 nitrogen and oxygen atoms in total. The van der Waals surface area contributed by atoms with Crippen LogP contribution in [0.3, 0.4) is 0 Å². The first-order valence-electron chi connectivity index (χ1n) is 8.57. The number of aliphatic hydroxyl groups is 1. The van der Waals surface area contributed by atoms with E-state index in [1.807, 2.05) is 0 Å². The number of likely N-dealkylation sites (N-methyl/N-ethyl adjacent to an activating group) is 1. The summed E-state index contributed by atoms with van der Waals surface area (Å²) in [5, 5.41) is 11.1. The number of hydrogen-bond acceptors (Lipinski definition) is 4. The third-order valence-electron chi connectivity index (χ3n) is 6.05. The minimum Gasteiger partial charge on any atom is -0.391 e. The van der Waals surface area contributed by atoms with Crippen molar-refractivity contribution in [1.82, 2.24) is 4.90 Å². The van der Waals surface area contributed by atoms with E-state index in [2.05, 4.69) is 32.8 Å². The molecule has 2 heterocycles. The van der Waals surface area contributed by atoms with Crippen LogP contribution < -0.4 is 0 Å². The molecule has 2 unspecified atom stereocenters. The molecule has 21 heavy (non-hydrogen) atoms. The molecule has 1 N–H and O–H groups in total. The maximum Gasteiger partial charge on any atom is 0.0753 e. The predicted molar refractivity (Wildman–Crippen MR) is 84.5 cm³/mol. The van der Waals surface area contributed by atoms with E-state index in [1.54, 1.807) is 0 Å². The lowest BCUT2D eigenvalue weighted by Crippen LogP contribution is -2.58. The van der Waals surface area contributed by atoms with Gasteiger partial charge in [-0.2, -0.15) is 0 Å². The van der Waals surface area contributed by atoms with Gasteiger partial charge in [0.15, 0.2) is 0 Å². The van der Waals surface area contributed by atoms with Crippen LogP contribution in [-0.2, 0) is 9.47 Å². The van der Waals surface area contributed by atoms with Crippen LogP contribution in [0.4, 0.5) is 0 Å². The maximum absolute atomic E-state index is 11.1. The number of rotatable bonds is 5. The molecule has 0 amide bonds. The van der Waals surface area contributed by atoms with Gasteiger partial charge in [0, 0.05) is 25.4 Å². The van der Waals surface area contributed by atoms with Crippen LogP contribution >= 0.6 is 0 Å². The first-order valence-corrected chi connectivity index (χ1v) is 8.57. The monoisotopic (exact) mass is 299 g/mol. The second-order valence-corrected chi connectivity index (χ2v) is 7.05. The quantitative estimate of drug-likeness (QED) is 0.847. The third kappa shape index (κ3) is 3.29. The molecule has 0 saturated carbocycles. The second kappa shape index (κ2) is 6.95. The molecule has 2 fully saturated rings. The Morgan fingerprint density at radius 2 is 1.81 bits per heavy atom. The van der Waals surface area contributed by atoms with Crippen LogP contribution in [0, 0.1) is 5.92 Å². The zero-order valence-electron chi connectivity index (χ0n) is 14.2. The first-order chi connectivity index (χ1) is 9.99. The molecule has 0 radical (unpaired) electrons. The van der Waals surface area contributed by atoms with Gasteiger partial charge in [-0.3, -0.25) is 0 Å². The summed E-state index contributed by atoms with van der Waals surface area (Å²) in [7, 11) is 4.19. The molecule has 2 aliphatic rings. The van der Waals surface area contributed by atoms with E-state index in [4.69, 9.17) is 9.47 Å². The zero-order valence-corrected chi connectivity index (χ0v) is 14.2. The number of ether oxygens (including phenoxy) is 2. The van der Waals surface area contributed by atoms with Gasteiger partial charge in [0.2, 0.25) is 0 Å². The van der Waals surface area contributed by atoms with Crippen molar-refractivity contribution in [3.05, 3.63) is 0 Å². The lowest BCUT2D eigenvalue weighted by atomic mass is 9.71. The molecule has 0 aromatic carbocycles. The van der Waals surface area contributed by atoms with Crippen molar-refractivity contribution in [1.29, 1.82) is 0 Å². The zero-order chi connectivity index (χ0) is 15.5. The van der Waals surface area contributed by atoms with Crippen LogP contribution in [0.1, 0.15) is 52.4 Å². The number of nitrogens with zero attached hydrogens (tertiary/aromatic N) is 1. The summed E-state index contributed by atoms with van der Waals surface area (Å²) < 4.78 is 11.6. The summed E-state index contributed by atoms with van der Waals surface area (Å²) in [5.41, 5.74) is -0.157. The lowest BCUT2D eigenvalue weighted by Gasteiger charge is -2.50. The van der Waals surface area contributed by atoms with Gasteiger partial charge in [-0.1, -0.05) is 13.8 Å². The van der Waals surface area contributed by atoms with E-state index in [0.29, 0.717) is 5.92 Å². The Balaban J connectivity index is 2.12. The molecule has 0 aromatic rings. The van der Waals surface area contributed by atoms with E-state index in [0.717, 1.165) is 58.3 Å². The fourth-order valence-electron chi connectivity index (χ4n) is 4.43. The van der Waals surface area contributed by atoms with E-state index in [-0.39, 0.29) is 17.2 Å². The molecule has 0 aromatic heterocycles. The Labute approximate surface area is 129 Å². The van der Waals surface area contributed by atoms with E-state index in [1.165, 1.54) is 0 Å². The summed E-state index contributed by atoms with van der Waals surface area (Å²) >= 11 is 0. The molecule has 4 heteroatoms. The van der Waals surface area contributed by atoms with Crippen molar-refractivity contribution in [2.24, 2.45) is 5.92 Å². The lowest BCUT2D eigenvalue weighted by molar-refractivity contribution is -0.171. The summed E-state index contributed by atoms with van der Waals surface area (Å²) in [5.74, 6) is 0.333. The highest BCUT2D eigenvalue weighted by atomic mass is 16.5. The van der Waals surface area contributed by atoms with Crippen molar-refractivity contribution in [2.75, 3.05) is 33.9 Å². The summed E-state index contributed by atoms with van der Waals surface area (Å²) in [6.45, 7) is 6.75. The van der Waals surface area contributed by atoms with Gasteiger partial charge in [0.05, 0.1) is 11.7 Å². The predicted octanol–water partition coefficient (Wildman–Crippen LogP) is 2.44.